The molecule has 112 valence electrons. The number of hydrogen-bond donors (Lipinski definition) is 0. The van der Waals surface area contributed by atoms with Crippen LogP contribution in [0, 0.1) is 5.92 Å². The van der Waals surface area contributed by atoms with Crippen LogP contribution in [-0.4, -0.2) is 42.8 Å². The van der Waals surface area contributed by atoms with Crippen molar-refractivity contribution in [3.8, 4) is 0 Å². The third-order valence-corrected chi connectivity index (χ3v) is 3.74. The van der Waals surface area contributed by atoms with Crippen LogP contribution in [0.5, 0.6) is 0 Å². The molecular weight excluding hydrogens is 258 g/mol. The molecule has 0 spiro atoms. The smallest absolute Gasteiger partial charge is 0.410 e. The lowest BCUT2D eigenvalue weighted by Crippen LogP contribution is -2.35. The summed E-state index contributed by atoms with van der Waals surface area (Å²) >= 11 is 0. The fraction of sp³-hybridized carbons (Fsp3) is 0.733. The number of nitrogens with zero attached hydrogens (tertiary/aromatic N) is 1. The summed E-state index contributed by atoms with van der Waals surface area (Å²) in [4.78, 5) is 25.4. The predicted molar refractivity (Wildman–Crippen MR) is 74.2 cm³/mol. The second-order valence-electron chi connectivity index (χ2n) is 6.51. The third-order valence-electron chi connectivity index (χ3n) is 3.74. The molecule has 1 aliphatic heterocycles. The maximum absolute atomic E-state index is 12.1. The van der Waals surface area contributed by atoms with Gasteiger partial charge >= 0.3 is 12.1 Å². The first-order valence-corrected chi connectivity index (χ1v) is 7.05. The fourth-order valence-electron chi connectivity index (χ4n) is 2.78. The molecule has 0 radical (unpaired) electrons. The molecule has 5 nitrogen and oxygen atoms in total. The van der Waals surface area contributed by atoms with Crippen LogP contribution in [0.25, 0.3) is 0 Å². The minimum absolute atomic E-state index is 0.0580. The highest BCUT2D eigenvalue weighted by molar-refractivity contribution is 5.74. The Hall–Kier alpha value is -1.52. The van der Waals surface area contributed by atoms with Gasteiger partial charge < -0.3 is 14.4 Å². The molecule has 0 bridgehead atoms. The van der Waals surface area contributed by atoms with Crippen molar-refractivity contribution in [3.05, 3.63) is 11.1 Å². The number of esters is 1. The summed E-state index contributed by atoms with van der Waals surface area (Å²) in [5.41, 5.74) is 2.02. The average molecular weight is 281 g/mol. The van der Waals surface area contributed by atoms with E-state index in [0.29, 0.717) is 19.5 Å². The van der Waals surface area contributed by atoms with Crippen LogP contribution in [0.15, 0.2) is 11.1 Å². The SMILES string of the molecule is COC(=O)[C@@H]1CCC2=C(C1)CN(C(=O)OC(C)(C)C)C2. The number of ether oxygens (including phenoxy) is 2. The average Bonchev–Trinajstić information content (AvgIpc) is 2.78. The molecule has 2 aliphatic rings. The monoisotopic (exact) mass is 281 g/mol. The standard InChI is InChI=1S/C15H23NO4/c1-15(2,3)20-14(18)16-8-11-6-5-10(13(17)19-4)7-12(11)9-16/h10H,5-9H2,1-4H3/t10-/m1/s1. The van der Waals surface area contributed by atoms with E-state index in [0.717, 1.165) is 12.8 Å². The molecule has 0 saturated carbocycles. The maximum atomic E-state index is 12.1. The van der Waals surface area contributed by atoms with E-state index in [1.54, 1.807) is 4.90 Å². The van der Waals surface area contributed by atoms with Crippen molar-refractivity contribution in [1.82, 2.24) is 4.90 Å². The third kappa shape index (κ3) is 3.32. The highest BCUT2D eigenvalue weighted by atomic mass is 16.6. The molecule has 0 aromatic heterocycles. The molecule has 1 atom stereocenters. The molecular formula is C15H23NO4. The van der Waals surface area contributed by atoms with E-state index in [-0.39, 0.29) is 18.0 Å². The Morgan fingerprint density at radius 3 is 2.45 bits per heavy atom. The second kappa shape index (κ2) is 5.46. The Kier molecular flexibility index (Phi) is 4.06. The van der Waals surface area contributed by atoms with E-state index in [1.165, 1.54) is 18.3 Å². The summed E-state index contributed by atoms with van der Waals surface area (Å²) < 4.78 is 10.2. The Bertz CT molecular complexity index is 447. The minimum atomic E-state index is -0.477. The van der Waals surface area contributed by atoms with Crippen LogP contribution in [-0.2, 0) is 14.3 Å². The second-order valence-corrected chi connectivity index (χ2v) is 6.51. The van der Waals surface area contributed by atoms with Crippen molar-refractivity contribution < 1.29 is 19.1 Å². The van der Waals surface area contributed by atoms with Gasteiger partial charge in [-0.05, 0) is 51.2 Å². The van der Waals surface area contributed by atoms with Gasteiger partial charge in [-0.15, -0.1) is 0 Å². The Morgan fingerprint density at radius 2 is 1.85 bits per heavy atom. The van der Waals surface area contributed by atoms with Crippen LogP contribution < -0.4 is 0 Å². The number of amides is 1. The number of rotatable bonds is 1. The van der Waals surface area contributed by atoms with Gasteiger partial charge in [-0.2, -0.15) is 0 Å². The predicted octanol–water partition coefficient (Wildman–Crippen LogP) is 2.51. The van der Waals surface area contributed by atoms with Gasteiger partial charge in [0.2, 0.25) is 0 Å². The first-order valence-electron chi connectivity index (χ1n) is 7.05. The van der Waals surface area contributed by atoms with Gasteiger partial charge in [-0.25, -0.2) is 4.79 Å². The van der Waals surface area contributed by atoms with Crippen LogP contribution in [0.3, 0.4) is 0 Å². The zero-order valence-electron chi connectivity index (χ0n) is 12.7. The van der Waals surface area contributed by atoms with Gasteiger partial charge in [0.1, 0.15) is 5.60 Å². The van der Waals surface area contributed by atoms with Crippen molar-refractivity contribution in [3.63, 3.8) is 0 Å². The highest BCUT2D eigenvalue weighted by Gasteiger charge is 2.34. The molecule has 0 saturated heterocycles. The minimum Gasteiger partial charge on any atom is -0.469 e. The Labute approximate surface area is 119 Å². The van der Waals surface area contributed by atoms with E-state index >= 15 is 0 Å². The molecule has 20 heavy (non-hydrogen) atoms. The lowest BCUT2D eigenvalue weighted by molar-refractivity contribution is -0.145. The molecule has 5 heteroatoms. The largest absolute Gasteiger partial charge is 0.469 e. The van der Waals surface area contributed by atoms with E-state index in [9.17, 15) is 9.59 Å². The summed E-state index contributed by atoms with van der Waals surface area (Å²) in [5, 5.41) is 0. The Balaban J connectivity index is 1.95. The molecule has 1 aliphatic carbocycles. The van der Waals surface area contributed by atoms with Crippen molar-refractivity contribution in [2.75, 3.05) is 20.2 Å². The molecule has 1 amide bonds. The molecule has 0 aromatic carbocycles. The first kappa shape index (κ1) is 14.9. The van der Waals surface area contributed by atoms with Gasteiger partial charge in [0.25, 0.3) is 0 Å². The molecule has 0 unspecified atom stereocenters. The topological polar surface area (TPSA) is 55.8 Å². The fourth-order valence-corrected chi connectivity index (χ4v) is 2.78. The lowest BCUT2D eigenvalue weighted by Gasteiger charge is -2.24. The van der Waals surface area contributed by atoms with Crippen molar-refractivity contribution >= 4 is 12.1 Å². The summed E-state index contributed by atoms with van der Waals surface area (Å²) in [6.07, 6.45) is 2.12. The van der Waals surface area contributed by atoms with Gasteiger partial charge in [0.05, 0.1) is 13.0 Å². The van der Waals surface area contributed by atoms with Crippen molar-refractivity contribution in [1.29, 1.82) is 0 Å². The van der Waals surface area contributed by atoms with Crippen LogP contribution in [0.2, 0.25) is 0 Å². The van der Waals surface area contributed by atoms with E-state index in [1.807, 2.05) is 20.8 Å². The van der Waals surface area contributed by atoms with Crippen molar-refractivity contribution in [2.24, 2.45) is 5.92 Å². The molecule has 2 rings (SSSR count). The lowest BCUT2D eigenvalue weighted by atomic mass is 9.85. The van der Waals surface area contributed by atoms with Gasteiger partial charge in [0.15, 0.2) is 0 Å². The van der Waals surface area contributed by atoms with Crippen LogP contribution in [0.1, 0.15) is 40.0 Å². The first-order chi connectivity index (χ1) is 9.30. The summed E-state index contributed by atoms with van der Waals surface area (Å²) in [6, 6.07) is 0. The zero-order valence-corrected chi connectivity index (χ0v) is 12.7. The quantitative estimate of drug-likeness (QED) is 0.547. The van der Waals surface area contributed by atoms with E-state index < -0.39 is 5.60 Å². The van der Waals surface area contributed by atoms with E-state index in [2.05, 4.69) is 0 Å². The number of methoxy groups -OCH3 is 1. The van der Waals surface area contributed by atoms with Crippen molar-refractivity contribution in [2.45, 2.75) is 45.6 Å². The Morgan fingerprint density at radius 1 is 1.20 bits per heavy atom. The number of hydrogen-bond acceptors (Lipinski definition) is 4. The molecule has 0 fully saturated rings. The molecule has 0 N–H and O–H groups in total. The number of carbonyl (C=O) groups excluding carboxylic acids is 2. The van der Waals surface area contributed by atoms with E-state index in [4.69, 9.17) is 9.47 Å². The summed E-state index contributed by atoms with van der Waals surface area (Å²) in [6.45, 7) is 6.81. The van der Waals surface area contributed by atoms with Crippen LogP contribution in [0.4, 0.5) is 4.79 Å². The van der Waals surface area contributed by atoms with Crippen LogP contribution >= 0.6 is 0 Å². The summed E-state index contributed by atoms with van der Waals surface area (Å²) in [5.74, 6) is -0.204. The maximum Gasteiger partial charge on any atom is 0.410 e. The van der Waals surface area contributed by atoms with Gasteiger partial charge in [-0.3, -0.25) is 4.79 Å². The van der Waals surface area contributed by atoms with Gasteiger partial charge in [0, 0.05) is 13.1 Å². The normalized spacial score (nSPS) is 22.6. The highest BCUT2D eigenvalue weighted by Crippen LogP contribution is 2.35. The number of carbonyl (C=O) groups is 2. The molecule has 0 aromatic rings. The van der Waals surface area contributed by atoms with Gasteiger partial charge in [-0.1, -0.05) is 0 Å². The zero-order chi connectivity index (χ0) is 14.9. The summed E-state index contributed by atoms with van der Waals surface area (Å²) in [7, 11) is 1.42. The molecule has 1 heterocycles.